The van der Waals surface area contributed by atoms with Crippen LogP contribution in [0.2, 0.25) is 0 Å². The highest BCUT2D eigenvalue weighted by Crippen LogP contribution is 2.28. The van der Waals surface area contributed by atoms with Crippen LogP contribution in [0, 0.1) is 0 Å². The van der Waals surface area contributed by atoms with Crippen LogP contribution in [-0.2, 0) is 18.3 Å². The highest BCUT2D eigenvalue weighted by Gasteiger charge is 2.21. The van der Waals surface area contributed by atoms with Gasteiger partial charge in [-0.1, -0.05) is 18.2 Å². The summed E-state index contributed by atoms with van der Waals surface area (Å²) in [7, 11) is 3.55. The summed E-state index contributed by atoms with van der Waals surface area (Å²) in [6.07, 6.45) is 3.82. The number of aryl methyl sites for hydroxylation is 1. The lowest BCUT2D eigenvalue weighted by atomic mass is 10.1. The van der Waals surface area contributed by atoms with Gasteiger partial charge in [-0.05, 0) is 29.1 Å². The Morgan fingerprint density at radius 2 is 2.07 bits per heavy atom. The van der Waals surface area contributed by atoms with E-state index in [2.05, 4.69) is 15.3 Å². The quantitative estimate of drug-likeness (QED) is 0.486. The minimum Gasteiger partial charge on any atom is -0.497 e. The molecule has 0 spiro atoms. The normalized spacial score (nSPS) is 11.9. The van der Waals surface area contributed by atoms with Gasteiger partial charge in [0.25, 0.3) is 0 Å². The molecule has 6 nitrogen and oxygen atoms in total. The van der Waals surface area contributed by atoms with E-state index in [1.807, 2.05) is 65.0 Å². The van der Waals surface area contributed by atoms with Gasteiger partial charge >= 0.3 is 0 Å². The van der Waals surface area contributed by atoms with Crippen LogP contribution in [0.4, 0.5) is 0 Å². The van der Waals surface area contributed by atoms with Crippen LogP contribution in [0.1, 0.15) is 23.1 Å². The van der Waals surface area contributed by atoms with E-state index in [0.717, 1.165) is 32.7 Å². The van der Waals surface area contributed by atoms with Crippen LogP contribution in [0.3, 0.4) is 0 Å². The standard InChI is InChI=1S/C21H20N4O2S2/c1-25-10-9-22-20(25)19(14-5-7-16(27-2)8-6-14)24-18(26)12-15-13-29-21(23-15)17-4-3-11-28-17/h3-11,13,19H,12H2,1-2H3,(H,24,26). The number of carbonyl (C=O) groups is 1. The first-order valence-corrected chi connectivity index (χ1v) is 10.8. The number of imidazole rings is 1. The van der Waals surface area contributed by atoms with Crippen molar-refractivity contribution < 1.29 is 9.53 Å². The number of methoxy groups -OCH3 is 1. The van der Waals surface area contributed by atoms with Gasteiger partial charge in [0.05, 0.1) is 24.1 Å². The number of nitrogens with zero attached hydrogens (tertiary/aromatic N) is 3. The monoisotopic (exact) mass is 424 g/mol. The Morgan fingerprint density at radius 3 is 2.72 bits per heavy atom. The molecule has 4 aromatic rings. The first kappa shape index (κ1) is 19.4. The van der Waals surface area contributed by atoms with Crippen molar-refractivity contribution in [1.29, 1.82) is 0 Å². The largest absolute Gasteiger partial charge is 0.497 e. The molecular weight excluding hydrogens is 404 g/mol. The molecule has 8 heteroatoms. The van der Waals surface area contributed by atoms with Crippen molar-refractivity contribution >= 4 is 28.6 Å². The van der Waals surface area contributed by atoms with Crippen LogP contribution in [0.15, 0.2) is 59.6 Å². The lowest BCUT2D eigenvalue weighted by Crippen LogP contribution is -2.32. The van der Waals surface area contributed by atoms with Crippen molar-refractivity contribution in [2.24, 2.45) is 7.05 Å². The molecular formula is C21H20N4O2S2. The predicted octanol–water partition coefficient (Wildman–Crippen LogP) is 4.06. The molecule has 0 bridgehead atoms. The second kappa shape index (κ2) is 8.59. The number of hydrogen-bond acceptors (Lipinski definition) is 6. The molecule has 0 aliphatic carbocycles. The van der Waals surface area contributed by atoms with E-state index < -0.39 is 0 Å². The molecule has 0 saturated carbocycles. The van der Waals surface area contributed by atoms with Crippen molar-refractivity contribution in [3.8, 4) is 15.6 Å². The van der Waals surface area contributed by atoms with E-state index in [1.165, 1.54) is 0 Å². The number of thiophene rings is 1. The van der Waals surface area contributed by atoms with Gasteiger partial charge < -0.3 is 14.6 Å². The summed E-state index contributed by atoms with van der Waals surface area (Å²) in [5.41, 5.74) is 1.70. The van der Waals surface area contributed by atoms with Gasteiger partial charge in [0.1, 0.15) is 22.6 Å². The van der Waals surface area contributed by atoms with E-state index in [-0.39, 0.29) is 18.4 Å². The summed E-state index contributed by atoms with van der Waals surface area (Å²) in [4.78, 5) is 23.0. The SMILES string of the molecule is COc1ccc(C(NC(=O)Cc2csc(-c3cccs3)n2)c2nccn2C)cc1. The molecule has 4 rings (SSSR count). The van der Waals surface area contributed by atoms with Crippen molar-refractivity contribution in [2.45, 2.75) is 12.5 Å². The number of hydrogen-bond donors (Lipinski definition) is 1. The zero-order chi connectivity index (χ0) is 20.2. The molecule has 0 radical (unpaired) electrons. The third kappa shape index (κ3) is 4.38. The van der Waals surface area contributed by atoms with E-state index >= 15 is 0 Å². The molecule has 148 valence electrons. The van der Waals surface area contributed by atoms with Gasteiger partial charge in [-0.25, -0.2) is 9.97 Å². The van der Waals surface area contributed by atoms with Crippen molar-refractivity contribution in [3.05, 3.63) is 76.6 Å². The number of nitrogens with one attached hydrogen (secondary N) is 1. The Morgan fingerprint density at radius 1 is 1.24 bits per heavy atom. The van der Waals surface area contributed by atoms with Crippen LogP contribution in [0.5, 0.6) is 5.75 Å². The fourth-order valence-corrected chi connectivity index (χ4v) is 4.66. The van der Waals surface area contributed by atoms with Crippen LogP contribution in [-0.4, -0.2) is 27.6 Å². The molecule has 1 N–H and O–H groups in total. The van der Waals surface area contributed by atoms with E-state index in [1.54, 1.807) is 36.0 Å². The predicted molar refractivity (Wildman–Crippen MR) is 115 cm³/mol. The van der Waals surface area contributed by atoms with Gasteiger partial charge in [-0.3, -0.25) is 4.79 Å². The third-order valence-corrected chi connectivity index (χ3v) is 6.43. The summed E-state index contributed by atoms with van der Waals surface area (Å²) in [6, 6.07) is 11.3. The van der Waals surface area contributed by atoms with Gasteiger partial charge in [0.15, 0.2) is 0 Å². The van der Waals surface area contributed by atoms with Gasteiger partial charge in [-0.15, -0.1) is 22.7 Å². The number of ether oxygens (including phenoxy) is 1. The number of rotatable bonds is 7. The maximum absolute atomic E-state index is 12.8. The summed E-state index contributed by atoms with van der Waals surface area (Å²) in [5, 5.41) is 8.02. The second-order valence-electron chi connectivity index (χ2n) is 6.47. The number of thiazole rings is 1. The minimum atomic E-state index is -0.358. The highest BCUT2D eigenvalue weighted by molar-refractivity contribution is 7.20. The number of aromatic nitrogens is 3. The number of benzene rings is 1. The maximum Gasteiger partial charge on any atom is 0.226 e. The molecule has 1 amide bonds. The van der Waals surface area contributed by atoms with E-state index in [4.69, 9.17) is 4.74 Å². The highest BCUT2D eigenvalue weighted by atomic mass is 32.1. The van der Waals surface area contributed by atoms with E-state index in [9.17, 15) is 4.79 Å². The smallest absolute Gasteiger partial charge is 0.226 e. The van der Waals surface area contributed by atoms with Crippen molar-refractivity contribution in [2.75, 3.05) is 7.11 Å². The fraction of sp³-hybridized carbons (Fsp3) is 0.190. The topological polar surface area (TPSA) is 69.0 Å². The second-order valence-corrected chi connectivity index (χ2v) is 8.27. The lowest BCUT2D eigenvalue weighted by Gasteiger charge is -2.19. The molecule has 3 heterocycles. The molecule has 1 aromatic carbocycles. The Kier molecular flexibility index (Phi) is 5.73. The Bertz CT molecular complexity index is 1080. The molecule has 1 atom stereocenters. The van der Waals surface area contributed by atoms with Crippen molar-refractivity contribution in [3.63, 3.8) is 0 Å². The molecule has 0 fully saturated rings. The van der Waals surface area contributed by atoms with E-state index in [0.29, 0.717) is 0 Å². The van der Waals surface area contributed by atoms with Gasteiger partial charge in [0.2, 0.25) is 5.91 Å². The minimum absolute atomic E-state index is 0.100. The Hall–Kier alpha value is -2.97. The third-order valence-electron chi connectivity index (χ3n) is 4.50. The van der Waals surface area contributed by atoms with Crippen LogP contribution >= 0.6 is 22.7 Å². The summed E-state index contributed by atoms with van der Waals surface area (Å²) in [6.45, 7) is 0. The van der Waals surface area contributed by atoms with Crippen molar-refractivity contribution in [1.82, 2.24) is 19.9 Å². The molecule has 0 aliphatic heterocycles. The zero-order valence-corrected chi connectivity index (χ0v) is 17.7. The molecule has 1 unspecified atom stereocenters. The fourth-order valence-electron chi connectivity index (χ4n) is 3.03. The summed E-state index contributed by atoms with van der Waals surface area (Å²) >= 11 is 3.20. The van der Waals surface area contributed by atoms with Crippen LogP contribution < -0.4 is 10.1 Å². The average Bonchev–Trinajstić information content (AvgIpc) is 3.48. The summed E-state index contributed by atoms with van der Waals surface area (Å²) < 4.78 is 7.15. The first-order valence-electron chi connectivity index (χ1n) is 9.03. The number of amides is 1. The molecule has 0 aliphatic rings. The van der Waals surface area contributed by atoms with Crippen LogP contribution in [0.25, 0.3) is 9.88 Å². The molecule has 0 saturated heterocycles. The molecule has 3 aromatic heterocycles. The maximum atomic E-state index is 12.8. The molecule has 29 heavy (non-hydrogen) atoms. The first-order chi connectivity index (χ1) is 14.1. The Balaban J connectivity index is 1.52. The Labute approximate surface area is 176 Å². The zero-order valence-electron chi connectivity index (χ0n) is 16.0. The van der Waals surface area contributed by atoms with Gasteiger partial charge in [-0.2, -0.15) is 0 Å². The van der Waals surface area contributed by atoms with Gasteiger partial charge in [0, 0.05) is 24.8 Å². The summed E-state index contributed by atoms with van der Waals surface area (Å²) in [5.74, 6) is 1.43. The average molecular weight is 425 g/mol. The number of carbonyl (C=O) groups excluding carboxylic acids is 1. The lowest BCUT2D eigenvalue weighted by molar-refractivity contribution is -0.121.